The van der Waals surface area contributed by atoms with E-state index < -0.39 is 35.4 Å². The molecular weight excluding hydrogens is 830 g/mol. The van der Waals surface area contributed by atoms with Gasteiger partial charge in [-0.05, 0) is 93.1 Å². The average molecular weight is 877 g/mol. The van der Waals surface area contributed by atoms with Gasteiger partial charge in [-0.3, -0.25) is 14.4 Å². The first-order valence-corrected chi connectivity index (χ1v) is 17.9. The molecule has 3 aromatic carbocycles. The van der Waals surface area contributed by atoms with Crippen LogP contribution in [0.1, 0.15) is 96.3 Å². The molecule has 13 nitrogen and oxygen atoms in total. The number of ether oxygens (including phenoxy) is 2. The molecule has 0 aromatic heterocycles. The molecule has 3 heterocycles. The normalized spacial score (nSPS) is 14.4. The van der Waals surface area contributed by atoms with Crippen LogP contribution in [0.3, 0.4) is 0 Å². The molecule has 18 heteroatoms. The minimum Gasteiger partial charge on any atom is -0.870 e. The van der Waals surface area contributed by atoms with Crippen molar-refractivity contribution in [2.24, 2.45) is 0 Å². The maximum Gasteiger partial charge on any atom is 1.00 e. The van der Waals surface area contributed by atoms with Crippen molar-refractivity contribution in [3.05, 3.63) is 93.2 Å². The Balaban J connectivity index is 0.000000753. The van der Waals surface area contributed by atoms with Crippen molar-refractivity contribution in [3.63, 3.8) is 0 Å². The van der Waals surface area contributed by atoms with Crippen LogP contribution < -0.4 is 44.7 Å². The van der Waals surface area contributed by atoms with Gasteiger partial charge in [0.2, 0.25) is 17.7 Å². The van der Waals surface area contributed by atoms with Gasteiger partial charge >= 0.3 is 47.5 Å². The average Bonchev–Trinajstić information content (AvgIpc) is 3.14. The van der Waals surface area contributed by atoms with Crippen molar-refractivity contribution in [2.45, 2.75) is 65.2 Å². The number of hydrogen-bond donors (Lipinski definition) is 2. The number of carboxylic acid groups (broad SMARTS) is 1. The Morgan fingerprint density at radius 2 is 1.07 bits per heavy atom. The van der Waals surface area contributed by atoms with Crippen molar-refractivity contribution in [1.82, 2.24) is 5.32 Å². The summed E-state index contributed by atoms with van der Waals surface area (Å²) in [7, 11) is 2.49. The fraction of sp³-hybridized carbons (Fsp3) is 0.385. The molecule has 0 spiro atoms. The molecule has 0 saturated carbocycles. The summed E-state index contributed by atoms with van der Waals surface area (Å²) in [5, 5.41) is 11.6. The van der Waals surface area contributed by atoms with Crippen LogP contribution in [0, 0.1) is 17.5 Å². The molecule has 3 fully saturated rings. The largest absolute Gasteiger partial charge is 1.00 e. The van der Waals surface area contributed by atoms with Crippen LogP contribution in [0.4, 0.5) is 24.5 Å². The van der Waals surface area contributed by atoms with Crippen LogP contribution >= 0.6 is 15.9 Å². The number of carbonyl (C=O) groups is 6. The van der Waals surface area contributed by atoms with E-state index >= 15 is 0 Å². The fourth-order valence-corrected chi connectivity index (χ4v) is 5.96. The van der Waals surface area contributed by atoms with E-state index in [2.05, 4.69) is 30.7 Å². The van der Waals surface area contributed by atoms with Crippen LogP contribution in [-0.4, -0.2) is 80.1 Å². The van der Waals surface area contributed by atoms with E-state index in [1.54, 1.807) is 0 Å². The first kappa shape index (κ1) is 52.7. The number of amides is 3. The second-order valence-electron chi connectivity index (χ2n) is 12.2. The minimum atomic E-state index is -1.20. The van der Waals surface area contributed by atoms with Crippen LogP contribution in [0.15, 0.2) is 59.1 Å². The quantitative estimate of drug-likeness (QED) is 0.276. The van der Waals surface area contributed by atoms with E-state index in [9.17, 15) is 41.9 Å². The summed E-state index contributed by atoms with van der Waals surface area (Å²) in [6.07, 6.45) is 7.28. The minimum absolute atomic E-state index is 0. The van der Waals surface area contributed by atoms with Gasteiger partial charge < -0.3 is 35.2 Å². The predicted octanol–water partition coefficient (Wildman–Crippen LogP) is 4.29. The van der Waals surface area contributed by atoms with Crippen molar-refractivity contribution in [3.8, 4) is 0 Å². The van der Waals surface area contributed by atoms with Crippen molar-refractivity contribution in [2.75, 3.05) is 43.7 Å². The van der Waals surface area contributed by atoms with Gasteiger partial charge in [-0.2, -0.15) is 0 Å². The molecule has 57 heavy (non-hydrogen) atoms. The van der Waals surface area contributed by atoms with Crippen LogP contribution in [0.5, 0.6) is 0 Å². The summed E-state index contributed by atoms with van der Waals surface area (Å²) in [5.41, 5.74) is 0.917. The molecule has 3 amide bonds. The molecule has 3 saturated heterocycles. The molecule has 0 atom stereocenters. The Bertz CT molecular complexity index is 1820. The van der Waals surface area contributed by atoms with Gasteiger partial charge in [-0.25, -0.2) is 27.6 Å². The molecule has 0 unspecified atom stereocenters. The summed E-state index contributed by atoms with van der Waals surface area (Å²) in [4.78, 5) is 69.8. The number of piperidine rings is 3. The van der Waals surface area contributed by atoms with Crippen LogP contribution in [0.2, 0.25) is 0 Å². The Labute approximate surface area is 360 Å². The number of halogens is 4. The van der Waals surface area contributed by atoms with Gasteiger partial charge in [0.15, 0.2) is 0 Å². The number of benzene rings is 3. The number of rotatable bonds is 5. The molecule has 3 N–H and O–H groups in total. The molecular formula is C39H46BrF3N3NaO10. The van der Waals surface area contributed by atoms with Gasteiger partial charge in [0.1, 0.15) is 17.5 Å². The summed E-state index contributed by atoms with van der Waals surface area (Å²) >= 11 is 3.06. The second kappa shape index (κ2) is 26.6. The summed E-state index contributed by atoms with van der Waals surface area (Å²) in [6, 6.07) is 11.2. The van der Waals surface area contributed by atoms with E-state index in [4.69, 9.17) is 5.11 Å². The van der Waals surface area contributed by atoms with Crippen molar-refractivity contribution >= 4 is 62.9 Å². The SMILES string of the molecule is C.COC(=O)c1cc(F)cc(Br)c1.COC(=O)c1cc(F)cc(N2CCCCC2=O)c1.O=C(O)c1cc(F)cc(N2CCCCC2=O)c1.O=C1CCCCN1.[Na+].[OH-]. The Morgan fingerprint density at radius 3 is 1.44 bits per heavy atom. The maximum absolute atomic E-state index is 13.5. The second-order valence-corrected chi connectivity index (χ2v) is 13.1. The Morgan fingerprint density at radius 1 is 0.649 bits per heavy atom. The number of aromatic carboxylic acids is 1. The van der Waals surface area contributed by atoms with Gasteiger partial charge in [-0.15, -0.1) is 0 Å². The summed E-state index contributed by atoms with van der Waals surface area (Å²) in [5.74, 6) is -3.92. The van der Waals surface area contributed by atoms with E-state index in [1.165, 1.54) is 60.4 Å². The fourth-order valence-electron chi connectivity index (χ4n) is 5.49. The zero-order valence-electron chi connectivity index (χ0n) is 31.2. The maximum atomic E-state index is 13.5. The molecule has 3 aliphatic heterocycles. The molecule has 306 valence electrons. The van der Waals surface area contributed by atoms with E-state index in [-0.39, 0.29) is 76.9 Å². The predicted molar refractivity (Wildman–Crippen MR) is 204 cm³/mol. The third kappa shape index (κ3) is 17.4. The standard InChI is InChI=1S/C13H14FNO3.C12H12FNO3.C8H6BrFO2.C5H9NO.CH4.Na.H2O/c1-18-13(17)9-6-10(14)8-11(7-9)15-5-3-2-4-12(15)16;13-9-5-8(12(16)17)6-10(7-9)14-4-2-1-3-11(14)15;1-12-8(11)5-2-6(9)4-7(10)3-5;7-5-3-1-2-4-6-5;;;/h6-8H,2-5H2,1H3;5-7H,1-4H2,(H,16,17);2-4H,1H3;1-4H2,(H,6,7);1H4;;1H2/q;;;;;+1;/p-1. The topological polar surface area (TPSA) is 190 Å². The van der Waals surface area contributed by atoms with Crippen molar-refractivity contribution in [1.29, 1.82) is 0 Å². The summed E-state index contributed by atoms with van der Waals surface area (Å²) < 4.78 is 48.9. The number of carboxylic acids is 1. The van der Waals surface area contributed by atoms with E-state index in [0.29, 0.717) is 41.8 Å². The van der Waals surface area contributed by atoms with Crippen molar-refractivity contribution < 1.29 is 91.6 Å². The number of hydrogen-bond acceptors (Lipinski definition) is 9. The number of nitrogens with one attached hydrogen (secondary N) is 1. The molecule has 3 aromatic rings. The van der Waals surface area contributed by atoms with E-state index in [1.807, 2.05) is 0 Å². The third-order valence-corrected chi connectivity index (χ3v) is 8.60. The van der Waals surface area contributed by atoms with Gasteiger partial charge in [-0.1, -0.05) is 23.4 Å². The Kier molecular flexibility index (Phi) is 24.6. The first-order chi connectivity index (χ1) is 25.7. The number of nitrogens with zero attached hydrogens (tertiary/aromatic N) is 2. The number of anilines is 2. The first-order valence-electron chi connectivity index (χ1n) is 17.1. The summed E-state index contributed by atoms with van der Waals surface area (Å²) in [6.45, 7) is 1.96. The van der Waals surface area contributed by atoms with Gasteiger partial charge in [0.25, 0.3) is 0 Å². The smallest absolute Gasteiger partial charge is 0.870 e. The molecule has 3 aliphatic rings. The number of carbonyl (C=O) groups excluding carboxylic acids is 5. The van der Waals surface area contributed by atoms with Gasteiger partial charge in [0.05, 0.1) is 30.9 Å². The van der Waals surface area contributed by atoms with Crippen LogP contribution in [-0.2, 0) is 23.9 Å². The molecule has 0 bridgehead atoms. The zero-order chi connectivity index (χ0) is 39.8. The van der Waals surface area contributed by atoms with E-state index in [0.717, 1.165) is 69.7 Å². The third-order valence-electron chi connectivity index (χ3n) is 8.14. The number of methoxy groups -OCH3 is 2. The molecule has 0 radical (unpaired) electrons. The Hall–Kier alpha value is -4.29. The molecule has 6 rings (SSSR count). The van der Waals surface area contributed by atoms with Gasteiger partial charge in [0, 0.05) is 54.7 Å². The monoisotopic (exact) mass is 875 g/mol. The molecule has 0 aliphatic carbocycles. The van der Waals surface area contributed by atoms with Crippen LogP contribution in [0.25, 0.3) is 0 Å². The zero-order valence-corrected chi connectivity index (χ0v) is 34.8. The number of esters is 2.